The van der Waals surface area contributed by atoms with Crippen LogP contribution < -0.4 is 9.84 Å². The van der Waals surface area contributed by atoms with Gasteiger partial charge in [-0.25, -0.2) is 0 Å². The highest BCUT2D eigenvalue weighted by Crippen LogP contribution is 2.22. The van der Waals surface area contributed by atoms with Gasteiger partial charge in [-0.2, -0.15) is 0 Å². The highest BCUT2D eigenvalue weighted by Gasteiger charge is 2.15. The molecule has 0 radical (unpaired) electrons. The Morgan fingerprint density at radius 2 is 2.10 bits per heavy atom. The van der Waals surface area contributed by atoms with E-state index in [2.05, 4.69) is 10.2 Å². The fourth-order valence-corrected chi connectivity index (χ4v) is 2.56. The number of benzene rings is 1. The molecule has 0 amide bonds. The number of ether oxygens (including phenoxy) is 1. The molecule has 0 N–H and O–H groups in total. The van der Waals surface area contributed by atoms with Gasteiger partial charge in [-0.05, 0) is 26.0 Å². The number of rotatable bonds is 7. The van der Waals surface area contributed by atoms with Crippen molar-refractivity contribution in [3.05, 3.63) is 36.2 Å². The van der Waals surface area contributed by atoms with Crippen LogP contribution in [0.2, 0.25) is 0 Å². The summed E-state index contributed by atoms with van der Waals surface area (Å²) in [7, 11) is 0. The fraction of sp³-hybridized carbons (Fsp3) is 0.357. The van der Waals surface area contributed by atoms with Crippen LogP contribution in [0.4, 0.5) is 0 Å². The zero-order chi connectivity index (χ0) is 15.2. The zero-order valence-electron chi connectivity index (χ0n) is 11.9. The predicted molar refractivity (Wildman–Crippen MR) is 76.8 cm³/mol. The number of para-hydroxylation sites is 1. The average Bonchev–Trinajstić information content (AvgIpc) is 2.87. The summed E-state index contributed by atoms with van der Waals surface area (Å²) in [4.78, 5) is 10.8. The average molecular weight is 306 g/mol. The van der Waals surface area contributed by atoms with Crippen molar-refractivity contribution in [2.75, 3.05) is 0 Å². The molecule has 0 saturated carbocycles. The Morgan fingerprint density at radius 3 is 2.71 bits per heavy atom. The molecule has 0 unspecified atom stereocenters. The molecule has 1 aromatic carbocycles. The van der Waals surface area contributed by atoms with Crippen molar-refractivity contribution in [2.45, 2.75) is 37.4 Å². The number of carbonyl (C=O) groups is 1. The van der Waals surface area contributed by atoms with Crippen LogP contribution in [-0.4, -0.2) is 26.0 Å². The molecule has 2 aromatic rings. The molecule has 112 valence electrons. The lowest BCUT2D eigenvalue weighted by molar-refractivity contribution is -0.304. The first-order valence-corrected chi connectivity index (χ1v) is 7.47. The van der Waals surface area contributed by atoms with E-state index >= 15 is 0 Å². The van der Waals surface area contributed by atoms with Crippen molar-refractivity contribution in [1.29, 1.82) is 0 Å². The van der Waals surface area contributed by atoms with Crippen molar-refractivity contribution in [2.24, 2.45) is 0 Å². The second-order valence-corrected chi connectivity index (χ2v) is 5.63. The van der Waals surface area contributed by atoms with Crippen LogP contribution in [0, 0.1) is 0 Å². The van der Waals surface area contributed by atoms with Gasteiger partial charge in [0.1, 0.15) is 12.4 Å². The third-order valence-corrected chi connectivity index (χ3v) is 3.89. The number of carboxylic acid groups (broad SMARTS) is 1. The van der Waals surface area contributed by atoms with Gasteiger partial charge in [0.25, 0.3) is 0 Å². The Labute approximate surface area is 127 Å². The molecule has 1 atom stereocenters. The number of hydrogen-bond donors (Lipinski definition) is 0. The Balaban J connectivity index is 2.07. The number of carbonyl (C=O) groups excluding carboxylic acids is 1. The molecule has 1 heterocycles. The molecule has 0 aliphatic carbocycles. The zero-order valence-corrected chi connectivity index (χ0v) is 12.7. The van der Waals surface area contributed by atoms with Gasteiger partial charge in [-0.15, -0.1) is 10.2 Å². The van der Waals surface area contributed by atoms with Crippen molar-refractivity contribution < 1.29 is 14.6 Å². The topological polar surface area (TPSA) is 80.1 Å². The molecule has 0 aliphatic rings. The number of nitrogens with zero attached hydrogens (tertiary/aromatic N) is 3. The van der Waals surface area contributed by atoms with Crippen LogP contribution in [0.3, 0.4) is 0 Å². The van der Waals surface area contributed by atoms with E-state index < -0.39 is 11.2 Å². The first-order chi connectivity index (χ1) is 10.1. The summed E-state index contributed by atoms with van der Waals surface area (Å²) in [6, 6.07) is 9.42. The molecule has 6 nitrogen and oxygen atoms in total. The summed E-state index contributed by atoms with van der Waals surface area (Å²) in [5.74, 6) is 0.294. The molecular formula is C14H16N3O3S-. The fourth-order valence-electron chi connectivity index (χ4n) is 1.70. The molecule has 0 aliphatic heterocycles. The van der Waals surface area contributed by atoms with E-state index in [4.69, 9.17) is 4.74 Å². The van der Waals surface area contributed by atoms with E-state index in [9.17, 15) is 9.90 Å². The Bertz CT molecular complexity index is 601. The van der Waals surface area contributed by atoms with Crippen molar-refractivity contribution in [3.8, 4) is 5.75 Å². The van der Waals surface area contributed by atoms with Gasteiger partial charge in [-0.3, -0.25) is 0 Å². The van der Waals surface area contributed by atoms with Crippen LogP contribution >= 0.6 is 11.8 Å². The van der Waals surface area contributed by atoms with Crippen LogP contribution in [0.25, 0.3) is 0 Å². The van der Waals surface area contributed by atoms with Gasteiger partial charge in [0.05, 0.1) is 5.97 Å². The second-order valence-electron chi connectivity index (χ2n) is 4.32. The second kappa shape index (κ2) is 7.12. The standard InChI is InChI=1S/C14H17N3O3S/c1-3-17-12(9-20-11-7-5-4-6-8-11)15-16-14(17)21-10(2)13(18)19/h4-8,10H,3,9H2,1-2H3,(H,18,19)/p-1/t10-/m0/s1. The van der Waals surface area contributed by atoms with E-state index in [-0.39, 0.29) is 6.61 Å². The van der Waals surface area contributed by atoms with Crippen LogP contribution in [-0.2, 0) is 17.9 Å². The monoisotopic (exact) mass is 306 g/mol. The van der Waals surface area contributed by atoms with E-state index in [1.807, 2.05) is 41.8 Å². The minimum atomic E-state index is -1.12. The summed E-state index contributed by atoms with van der Waals surface area (Å²) in [6.45, 7) is 4.44. The minimum Gasteiger partial charge on any atom is -0.549 e. The number of aromatic nitrogens is 3. The molecule has 0 bridgehead atoms. The molecule has 2 rings (SSSR count). The maximum atomic E-state index is 10.8. The first-order valence-electron chi connectivity index (χ1n) is 6.59. The van der Waals surface area contributed by atoms with Crippen molar-refractivity contribution in [1.82, 2.24) is 14.8 Å². The maximum absolute atomic E-state index is 10.8. The summed E-state index contributed by atoms with van der Waals surface area (Å²) in [5.41, 5.74) is 0. The lowest BCUT2D eigenvalue weighted by Gasteiger charge is -2.12. The van der Waals surface area contributed by atoms with E-state index in [1.165, 1.54) is 0 Å². The number of carboxylic acids is 1. The third-order valence-electron chi connectivity index (χ3n) is 2.83. The number of thioether (sulfide) groups is 1. The summed E-state index contributed by atoms with van der Waals surface area (Å²) >= 11 is 1.12. The first kappa shape index (κ1) is 15.4. The molecule has 7 heteroatoms. The van der Waals surface area contributed by atoms with Gasteiger partial charge in [0.2, 0.25) is 0 Å². The SMILES string of the molecule is CCn1c(COc2ccccc2)nnc1S[C@@H](C)C(=O)[O-]. The van der Waals surface area contributed by atoms with E-state index in [1.54, 1.807) is 6.92 Å². The molecule has 0 fully saturated rings. The lowest BCUT2D eigenvalue weighted by Crippen LogP contribution is -2.31. The third kappa shape index (κ3) is 3.98. The molecule has 0 saturated heterocycles. The Morgan fingerprint density at radius 1 is 1.38 bits per heavy atom. The highest BCUT2D eigenvalue weighted by molar-refractivity contribution is 8.00. The lowest BCUT2D eigenvalue weighted by atomic mass is 10.3. The number of aliphatic carboxylic acids is 1. The van der Waals surface area contributed by atoms with Crippen LogP contribution in [0.5, 0.6) is 5.75 Å². The van der Waals surface area contributed by atoms with Gasteiger partial charge in [0, 0.05) is 11.8 Å². The van der Waals surface area contributed by atoms with Gasteiger partial charge in [0.15, 0.2) is 11.0 Å². The highest BCUT2D eigenvalue weighted by atomic mass is 32.2. The predicted octanol–water partition coefficient (Wildman–Crippen LogP) is 1.11. The van der Waals surface area contributed by atoms with Gasteiger partial charge in [-0.1, -0.05) is 30.0 Å². The van der Waals surface area contributed by atoms with E-state index in [0.29, 0.717) is 17.5 Å². The molecule has 21 heavy (non-hydrogen) atoms. The Hall–Kier alpha value is -2.02. The Kier molecular flexibility index (Phi) is 5.21. The normalized spacial score (nSPS) is 12.1. The van der Waals surface area contributed by atoms with Crippen molar-refractivity contribution in [3.63, 3.8) is 0 Å². The molecule has 1 aromatic heterocycles. The quantitative estimate of drug-likeness (QED) is 0.713. The number of hydrogen-bond acceptors (Lipinski definition) is 6. The summed E-state index contributed by atoms with van der Waals surface area (Å²) in [6.07, 6.45) is 0. The largest absolute Gasteiger partial charge is 0.549 e. The molecule has 0 spiro atoms. The van der Waals surface area contributed by atoms with E-state index in [0.717, 1.165) is 17.5 Å². The van der Waals surface area contributed by atoms with Gasteiger partial charge >= 0.3 is 0 Å². The summed E-state index contributed by atoms with van der Waals surface area (Å²) in [5, 5.41) is 18.8. The van der Waals surface area contributed by atoms with Crippen LogP contribution in [0.15, 0.2) is 35.5 Å². The summed E-state index contributed by atoms with van der Waals surface area (Å²) < 4.78 is 7.48. The minimum absolute atomic E-state index is 0.283. The molecular weight excluding hydrogens is 290 g/mol. The smallest absolute Gasteiger partial charge is 0.191 e. The van der Waals surface area contributed by atoms with Crippen molar-refractivity contribution >= 4 is 17.7 Å². The maximum Gasteiger partial charge on any atom is 0.191 e. The van der Waals surface area contributed by atoms with Crippen LogP contribution in [0.1, 0.15) is 19.7 Å². The van der Waals surface area contributed by atoms with Gasteiger partial charge < -0.3 is 19.2 Å².